The molecule has 1 aromatic carbocycles. The van der Waals surface area contributed by atoms with Gasteiger partial charge >= 0.3 is 0 Å². The minimum Gasteiger partial charge on any atom is -0.357 e. The fourth-order valence-corrected chi connectivity index (χ4v) is 2.25. The smallest absolute Gasteiger partial charge is 0.191 e. The Morgan fingerprint density at radius 3 is 2.40 bits per heavy atom. The average Bonchev–Trinajstić information content (AvgIpc) is 3.12. The maximum atomic E-state index is 4.64. The molecule has 0 amide bonds. The summed E-state index contributed by atoms with van der Waals surface area (Å²) in [5.41, 5.74) is 4.05. The lowest BCUT2D eigenvalue weighted by Gasteiger charge is -2.10. The number of aryl methyl sites for hydroxylation is 2. The molecule has 1 aliphatic carbocycles. The molecule has 0 aliphatic heterocycles. The summed E-state index contributed by atoms with van der Waals surface area (Å²) >= 11 is 0. The van der Waals surface area contributed by atoms with Gasteiger partial charge in [-0.15, -0.1) is 24.0 Å². The van der Waals surface area contributed by atoms with Gasteiger partial charge in [-0.3, -0.25) is 4.99 Å². The summed E-state index contributed by atoms with van der Waals surface area (Å²) in [5.74, 6) is 0.967. The van der Waals surface area contributed by atoms with Gasteiger partial charge in [0, 0.05) is 19.1 Å². The molecule has 1 aromatic rings. The van der Waals surface area contributed by atoms with Gasteiger partial charge in [0.25, 0.3) is 0 Å². The third kappa shape index (κ3) is 6.11. The number of halogens is 1. The summed E-state index contributed by atoms with van der Waals surface area (Å²) < 4.78 is 0. The Morgan fingerprint density at radius 1 is 1.20 bits per heavy atom. The zero-order valence-corrected chi connectivity index (χ0v) is 15.0. The van der Waals surface area contributed by atoms with Crippen molar-refractivity contribution in [3.63, 3.8) is 0 Å². The SMILES string of the molecule is CCNC(=NCCc1cc(C)cc(C)c1)NC1CC1.I. The van der Waals surface area contributed by atoms with Crippen LogP contribution in [0.4, 0.5) is 0 Å². The van der Waals surface area contributed by atoms with Gasteiger partial charge in [0.15, 0.2) is 5.96 Å². The van der Waals surface area contributed by atoms with Gasteiger partial charge < -0.3 is 10.6 Å². The molecule has 0 atom stereocenters. The van der Waals surface area contributed by atoms with E-state index in [1.165, 1.54) is 29.5 Å². The second kappa shape index (κ2) is 8.49. The molecule has 0 unspecified atom stereocenters. The van der Waals surface area contributed by atoms with Crippen molar-refractivity contribution < 1.29 is 0 Å². The number of rotatable bonds is 5. The van der Waals surface area contributed by atoms with Crippen molar-refractivity contribution in [2.75, 3.05) is 13.1 Å². The highest BCUT2D eigenvalue weighted by Crippen LogP contribution is 2.18. The number of guanidine groups is 1. The molecule has 2 N–H and O–H groups in total. The van der Waals surface area contributed by atoms with Crippen molar-refractivity contribution in [3.05, 3.63) is 34.9 Å². The predicted molar refractivity (Wildman–Crippen MR) is 97.2 cm³/mol. The summed E-state index contributed by atoms with van der Waals surface area (Å²) in [6, 6.07) is 7.37. The highest BCUT2D eigenvalue weighted by Gasteiger charge is 2.21. The Bertz CT molecular complexity index is 433. The molecule has 0 saturated heterocycles. The normalized spacial score (nSPS) is 14.7. The lowest BCUT2D eigenvalue weighted by atomic mass is 10.1. The van der Waals surface area contributed by atoms with E-state index in [-0.39, 0.29) is 24.0 Å². The molecule has 20 heavy (non-hydrogen) atoms. The fraction of sp³-hybridized carbons (Fsp3) is 0.562. The first-order chi connectivity index (χ1) is 9.17. The van der Waals surface area contributed by atoms with Crippen LogP contribution in [0.5, 0.6) is 0 Å². The number of hydrogen-bond donors (Lipinski definition) is 2. The van der Waals surface area contributed by atoms with Crippen LogP contribution in [-0.2, 0) is 6.42 Å². The van der Waals surface area contributed by atoms with Gasteiger partial charge in [-0.2, -0.15) is 0 Å². The van der Waals surface area contributed by atoms with E-state index in [1.807, 2.05) is 0 Å². The molecule has 1 fully saturated rings. The second-order valence-electron chi connectivity index (χ2n) is 5.43. The Balaban J connectivity index is 0.00000200. The molecule has 1 saturated carbocycles. The van der Waals surface area contributed by atoms with Crippen molar-refractivity contribution >= 4 is 29.9 Å². The summed E-state index contributed by atoms with van der Waals surface area (Å²) in [5, 5.41) is 6.74. The lowest BCUT2D eigenvalue weighted by Crippen LogP contribution is -2.38. The van der Waals surface area contributed by atoms with Gasteiger partial charge in [-0.1, -0.05) is 29.3 Å². The summed E-state index contributed by atoms with van der Waals surface area (Å²) in [7, 11) is 0. The monoisotopic (exact) mass is 387 g/mol. The molecule has 3 nitrogen and oxygen atoms in total. The van der Waals surface area contributed by atoms with E-state index >= 15 is 0 Å². The van der Waals surface area contributed by atoms with Crippen LogP contribution in [-0.4, -0.2) is 25.1 Å². The van der Waals surface area contributed by atoms with Gasteiger partial charge in [0.2, 0.25) is 0 Å². The van der Waals surface area contributed by atoms with Gasteiger partial charge in [-0.25, -0.2) is 0 Å². The predicted octanol–water partition coefficient (Wildman–Crippen LogP) is 3.18. The largest absolute Gasteiger partial charge is 0.357 e. The van der Waals surface area contributed by atoms with Crippen molar-refractivity contribution in [3.8, 4) is 0 Å². The Kier molecular flexibility index (Phi) is 7.34. The topological polar surface area (TPSA) is 36.4 Å². The zero-order chi connectivity index (χ0) is 13.7. The van der Waals surface area contributed by atoms with Crippen LogP contribution < -0.4 is 10.6 Å². The van der Waals surface area contributed by atoms with Crippen molar-refractivity contribution in [1.29, 1.82) is 0 Å². The molecule has 0 radical (unpaired) electrons. The number of nitrogens with one attached hydrogen (secondary N) is 2. The lowest BCUT2D eigenvalue weighted by molar-refractivity contribution is 0.808. The highest BCUT2D eigenvalue weighted by atomic mass is 127. The van der Waals surface area contributed by atoms with Crippen molar-refractivity contribution in [2.45, 2.75) is 46.1 Å². The van der Waals surface area contributed by atoms with E-state index in [2.05, 4.69) is 54.6 Å². The third-order valence-electron chi connectivity index (χ3n) is 3.21. The van der Waals surface area contributed by atoms with E-state index in [4.69, 9.17) is 0 Å². The summed E-state index contributed by atoms with van der Waals surface area (Å²) in [6.07, 6.45) is 3.56. The molecular formula is C16H26IN3. The molecule has 0 bridgehead atoms. The molecule has 0 aromatic heterocycles. The molecular weight excluding hydrogens is 361 g/mol. The number of aliphatic imine (C=N–C) groups is 1. The van der Waals surface area contributed by atoms with Crippen molar-refractivity contribution in [1.82, 2.24) is 10.6 Å². The van der Waals surface area contributed by atoms with Crippen LogP contribution in [0.3, 0.4) is 0 Å². The summed E-state index contributed by atoms with van der Waals surface area (Å²) in [6.45, 7) is 8.16. The molecule has 112 valence electrons. The van der Waals surface area contributed by atoms with E-state index < -0.39 is 0 Å². The van der Waals surface area contributed by atoms with Crippen LogP contribution in [0, 0.1) is 13.8 Å². The van der Waals surface area contributed by atoms with E-state index in [0.29, 0.717) is 6.04 Å². The van der Waals surface area contributed by atoms with Crippen LogP contribution in [0.1, 0.15) is 36.5 Å². The average molecular weight is 387 g/mol. The first kappa shape index (κ1) is 17.3. The fourth-order valence-electron chi connectivity index (χ4n) is 2.25. The third-order valence-corrected chi connectivity index (χ3v) is 3.21. The Morgan fingerprint density at radius 2 is 1.85 bits per heavy atom. The summed E-state index contributed by atoms with van der Waals surface area (Å²) in [4.78, 5) is 4.64. The standard InChI is InChI=1S/C16H25N3.HI/c1-4-17-16(19-15-5-6-15)18-8-7-14-10-12(2)9-13(3)11-14;/h9-11,15H,4-8H2,1-3H3,(H2,17,18,19);1H. The molecule has 0 spiro atoms. The number of hydrogen-bond acceptors (Lipinski definition) is 1. The number of nitrogens with zero attached hydrogens (tertiary/aromatic N) is 1. The van der Waals surface area contributed by atoms with Gasteiger partial charge in [0.1, 0.15) is 0 Å². The maximum absolute atomic E-state index is 4.64. The maximum Gasteiger partial charge on any atom is 0.191 e. The van der Waals surface area contributed by atoms with Gasteiger partial charge in [0.05, 0.1) is 0 Å². The van der Waals surface area contributed by atoms with Crippen LogP contribution >= 0.6 is 24.0 Å². The minimum atomic E-state index is 0. The minimum absolute atomic E-state index is 0. The molecule has 0 heterocycles. The van der Waals surface area contributed by atoms with Crippen molar-refractivity contribution in [2.24, 2.45) is 4.99 Å². The van der Waals surface area contributed by atoms with E-state index in [1.54, 1.807) is 0 Å². The zero-order valence-electron chi connectivity index (χ0n) is 12.7. The first-order valence-corrected chi connectivity index (χ1v) is 7.29. The Labute approximate surface area is 139 Å². The first-order valence-electron chi connectivity index (χ1n) is 7.29. The van der Waals surface area contributed by atoms with E-state index in [0.717, 1.165) is 25.5 Å². The Hall–Kier alpha value is -0.780. The molecule has 4 heteroatoms. The molecule has 1 aliphatic rings. The van der Waals surface area contributed by atoms with Gasteiger partial charge in [-0.05, 0) is 45.6 Å². The quantitative estimate of drug-likeness (QED) is 0.463. The van der Waals surface area contributed by atoms with Crippen LogP contribution in [0.15, 0.2) is 23.2 Å². The molecule has 2 rings (SSSR count). The highest BCUT2D eigenvalue weighted by molar-refractivity contribution is 14.0. The van der Waals surface area contributed by atoms with Crippen LogP contribution in [0.2, 0.25) is 0 Å². The second-order valence-corrected chi connectivity index (χ2v) is 5.43. The van der Waals surface area contributed by atoms with Crippen LogP contribution in [0.25, 0.3) is 0 Å². The number of benzene rings is 1. The van der Waals surface area contributed by atoms with E-state index in [9.17, 15) is 0 Å².